The summed E-state index contributed by atoms with van der Waals surface area (Å²) in [6.07, 6.45) is 1.35. The van der Waals surface area contributed by atoms with Gasteiger partial charge in [-0.1, -0.05) is 44.2 Å². The Morgan fingerprint density at radius 3 is 2.41 bits per heavy atom. The maximum absolute atomic E-state index is 11.8. The van der Waals surface area contributed by atoms with Crippen molar-refractivity contribution in [1.29, 1.82) is 0 Å². The Morgan fingerprint density at radius 1 is 1.18 bits per heavy atom. The van der Waals surface area contributed by atoms with Gasteiger partial charge in [-0.3, -0.25) is 9.00 Å². The minimum atomic E-state index is -0.856. The van der Waals surface area contributed by atoms with Crippen molar-refractivity contribution in [3.05, 3.63) is 35.9 Å². The smallest absolute Gasteiger partial charge is 0.163 e. The average molecular weight is 252 g/mol. The molecule has 94 valence electrons. The van der Waals surface area contributed by atoms with Crippen molar-refractivity contribution in [2.45, 2.75) is 26.7 Å². The van der Waals surface area contributed by atoms with Gasteiger partial charge in [0.1, 0.15) is 0 Å². The zero-order valence-electron chi connectivity index (χ0n) is 10.5. The first-order chi connectivity index (χ1) is 8.09. The van der Waals surface area contributed by atoms with Crippen LogP contribution in [0.4, 0.5) is 0 Å². The molecule has 0 N–H and O–H groups in total. The van der Waals surface area contributed by atoms with E-state index in [4.69, 9.17) is 0 Å². The zero-order valence-corrected chi connectivity index (χ0v) is 11.3. The van der Waals surface area contributed by atoms with E-state index < -0.39 is 10.8 Å². The molecule has 1 aromatic carbocycles. The summed E-state index contributed by atoms with van der Waals surface area (Å²) in [6, 6.07) is 9.20. The Morgan fingerprint density at radius 2 is 1.82 bits per heavy atom. The molecule has 17 heavy (non-hydrogen) atoms. The van der Waals surface area contributed by atoms with Gasteiger partial charge in [0.05, 0.1) is 0 Å². The van der Waals surface area contributed by atoms with Gasteiger partial charge in [-0.05, 0) is 12.3 Å². The highest BCUT2D eigenvalue weighted by Crippen LogP contribution is 2.06. The summed E-state index contributed by atoms with van der Waals surface area (Å²) in [7, 11) is -0.856. The minimum Gasteiger partial charge on any atom is -0.294 e. The van der Waals surface area contributed by atoms with E-state index in [-0.39, 0.29) is 5.78 Å². The number of benzene rings is 1. The van der Waals surface area contributed by atoms with E-state index in [1.807, 2.05) is 18.2 Å². The quantitative estimate of drug-likeness (QED) is 0.699. The van der Waals surface area contributed by atoms with Gasteiger partial charge in [-0.15, -0.1) is 0 Å². The third kappa shape index (κ3) is 5.78. The molecule has 0 aliphatic rings. The van der Waals surface area contributed by atoms with Crippen LogP contribution in [0.15, 0.2) is 30.3 Å². The summed E-state index contributed by atoms with van der Waals surface area (Å²) >= 11 is 0. The number of Topliss-reactive ketones (excluding diaryl/α,β-unsaturated/α-hetero) is 1. The highest BCUT2D eigenvalue weighted by atomic mass is 32.2. The van der Waals surface area contributed by atoms with Crippen molar-refractivity contribution in [3.63, 3.8) is 0 Å². The lowest BCUT2D eigenvalue weighted by atomic mass is 10.1. The lowest BCUT2D eigenvalue weighted by Crippen LogP contribution is -2.10. The van der Waals surface area contributed by atoms with Crippen LogP contribution in [0.1, 0.15) is 37.0 Å². The zero-order chi connectivity index (χ0) is 12.7. The number of carbonyl (C=O) groups excluding carboxylic acids is 1. The third-order valence-electron chi connectivity index (χ3n) is 2.58. The van der Waals surface area contributed by atoms with Crippen molar-refractivity contribution in [3.8, 4) is 0 Å². The molecule has 2 nitrogen and oxygen atoms in total. The fraction of sp³-hybridized carbons (Fsp3) is 0.500. The Hall–Kier alpha value is -0.960. The summed E-state index contributed by atoms with van der Waals surface area (Å²) in [6.45, 7) is 4.23. The molecule has 1 rings (SSSR count). The highest BCUT2D eigenvalue weighted by molar-refractivity contribution is 7.84. The molecule has 3 heteroatoms. The molecule has 1 aromatic rings. The van der Waals surface area contributed by atoms with Crippen LogP contribution in [-0.4, -0.2) is 21.5 Å². The summed E-state index contributed by atoms with van der Waals surface area (Å²) < 4.78 is 11.6. The van der Waals surface area contributed by atoms with Crippen molar-refractivity contribution < 1.29 is 9.00 Å². The van der Waals surface area contributed by atoms with Gasteiger partial charge in [0.25, 0.3) is 0 Å². The number of ketones is 1. The summed E-state index contributed by atoms with van der Waals surface area (Å²) in [4.78, 5) is 11.8. The molecule has 0 heterocycles. The average Bonchev–Trinajstić information content (AvgIpc) is 2.34. The monoisotopic (exact) mass is 252 g/mol. The second kappa shape index (κ2) is 7.38. The van der Waals surface area contributed by atoms with Gasteiger partial charge in [-0.25, -0.2) is 0 Å². The number of hydrogen-bond acceptors (Lipinski definition) is 2. The second-order valence-electron chi connectivity index (χ2n) is 4.57. The normalized spacial score (nSPS) is 12.6. The first-order valence-electron chi connectivity index (χ1n) is 6.03. The number of rotatable bonds is 7. The summed E-state index contributed by atoms with van der Waals surface area (Å²) in [5.41, 5.74) is 0.716. The maximum Gasteiger partial charge on any atom is 0.163 e. The molecule has 0 aromatic heterocycles. The topological polar surface area (TPSA) is 34.1 Å². The van der Waals surface area contributed by atoms with Crippen LogP contribution >= 0.6 is 0 Å². The van der Waals surface area contributed by atoms with Crippen LogP contribution in [0.3, 0.4) is 0 Å². The number of carbonyl (C=O) groups is 1. The Labute approximate surface area is 106 Å². The van der Waals surface area contributed by atoms with Crippen LogP contribution < -0.4 is 0 Å². The van der Waals surface area contributed by atoms with Gasteiger partial charge in [-0.2, -0.15) is 0 Å². The molecular formula is C14H20O2S. The van der Waals surface area contributed by atoms with Gasteiger partial charge >= 0.3 is 0 Å². The Balaban J connectivity index is 2.31. The van der Waals surface area contributed by atoms with E-state index in [2.05, 4.69) is 13.8 Å². The van der Waals surface area contributed by atoms with Crippen LogP contribution in [0.25, 0.3) is 0 Å². The molecule has 0 aliphatic heterocycles. The van der Waals surface area contributed by atoms with Crippen molar-refractivity contribution in [1.82, 2.24) is 0 Å². The molecule has 0 amide bonds. The van der Waals surface area contributed by atoms with Gasteiger partial charge in [0.2, 0.25) is 0 Å². The van der Waals surface area contributed by atoms with E-state index in [1.54, 1.807) is 12.1 Å². The molecule has 1 atom stereocenters. The molecule has 0 fully saturated rings. The van der Waals surface area contributed by atoms with Crippen LogP contribution in [-0.2, 0) is 10.8 Å². The highest BCUT2D eigenvalue weighted by Gasteiger charge is 2.08. The molecule has 0 bridgehead atoms. The van der Waals surface area contributed by atoms with Crippen LogP contribution in [0, 0.1) is 5.92 Å². The van der Waals surface area contributed by atoms with Gasteiger partial charge in [0, 0.05) is 34.3 Å². The third-order valence-corrected chi connectivity index (χ3v) is 3.93. The lowest BCUT2D eigenvalue weighted by molar-refractivity contribution is 0.0989. The van der Waals surface area contributed by atoms with Crippen LogP contribution in [0.5, 0.6) is 0 Å². The number of hydrogen-bond donors (Lipinski definition) is 0. The SMILES string of the molecule is CC(C)CCS(=O)CCC(=O)c1ccccc1. The second-order valence-corrected chi connectivity index (χ2v) is 6.27. The summed E-state index contributed by atoms with van der Waals surface area (Å²) in [5, 5.41) is 0. The fourth-order valence-corrected chi connectivity index (χ4v) is 2.80. The summed E-state index contributed by atoms with van der Waals surface area (Å²) in [5.74, 6) is 1.85. The first kappa shape index (κ1) is 14.1. The van der Waals surface area contributed by atoms with E-state index in [9.17, 15) is 9.00 Å². The minimum absolute atomic E-state index is 0.0866. The molecule has 0 saturated heterocycles. The molecule has 0 radical (unpaired) electrons. The van der Waals surface area contributed by atoms with Gasteiger partial charge in [0.15, 0.2) is 5.78 Å². The first-order valence-corrected chi connectivity index (χ1v) is 7.51. The maximum atomic E-state index is 11.8. The Kier molecular flexibility index (Phi) is 6.12. The largest absolute Gasteiger partial charge is 0.294 e. The van der Waals surface area contributed by atoms with E-state index >= 15 is 0 Å². The predicted octanol–water partition coefficient (Wildman–Crippen LogP) is 3.05. The van der Waals surface area contributed by atoms with E-state index in [0.29, 0.717) is 29.4 Å². The molecule has 0 aliphatic carbocycles. The fourth-order valence-electron chi connectivity index (χ4n) is 1.44. The van der Waals surface area contributed by atoms with Crippen LogP contribution in [0.2, 0.25) is 0 Å². The van der Waals surface area contributed by atoms with E-state index in [0.717, 1.165) is 6.42 Å². The van der Waals surface area contributed by atoms with Crippen molar-refractivity contribution >= 4 is 16.6 Å². The Bertz CT molecular complexity index is 371. The molecule has 0 saturated carbocycles. The predicted molar refractivity (Wildman–Crippen MR) is 72.7 cm³/mol. The molecular weight excluding hydrogens is 232 g/mol. The van der Waals surface area contributed by atoms with Gasteiger partial charge < -0.3 is 0 Å². The lowest BCUT2D eigenvalue weighted by Gasteiger charge is -2.04. The van der Waals surface area contributed by atoms with E-state index in [1.165, 1.54) is 0 Å². The van der Waals surface area contributed by atoms with Crippen molar-refractivity contribution in [2.24, 2.45) is 5.92 Å². The standard InChI is InChI=1S/C14H20O2S/c1-12(2)8-10-17(16)11-9-14(15)13-6-4-3-5-7-13/h3-7,12H,8-11H2,1-2H3. The molecule has 1 unspecified atom stereocenters. The molecule has 0 spiro atoms. The van der Waals surface area contributed by atoms with Crippen molar-refractivity contribution in [2.75, 3.05) is 11.5 Å².